The van der Waals surface area contributed by atoms with E-state index in [1.165, 1.54) is 10.9 Å². The summed E-state index contributed by atoms with van der Waals surface area (Å²) < 4.78 is 1.41. The van der Waals surface area contributed by atoms with Gasteiger partial charge in [-0.1, -0.05) is 6.92 Å². The first-order chi connectivity index (χ1) is 7.17. The van der Waals surface area contributed by atoms with E-state index >= 15 is 0 Å². The van der Waals surface area contributed by atoms with Gasteiger partial charge in [0, 0.05) is 6.04 Å². The molecule has 1 unspecified atom stereocenters. The molecule has 1 N–H and O–H groups in total. The molecule has 1 aromatic heterocycles. The van der Waals surface area contributed by atoms with E-state index in [4.69, 9.17) is 5.26 Å². The number of hydrogen-bond acceptors (Lipinski definition) is 4. The molecule has 1 aromatic rings. The topological polar surface area (TPSA) is 83.6 Å². The number of rotatable bonds is 4. The molecule has 0 aliphatic carbocycles. The fourth-order valence-electron chi connectivity index (χ4n) is 1.03. The second-order valence-electron chi connectivity index (χ2n) is 3.27. The molecule has 80 valence electrons. The molecule has 6 heteroatoms. The molecule has 0 saturated heterocycles. The van der Waals surface area contributed by atoms with Gasteiger partial charge in [0.15, 0.2) is 0 Å². The third kappa shape index (κ3) is 3.06. The van der Waals surface area contributed by atoms with Crippen molar-refractivity contribution < 1.29 is 4.79 Å². The van der Waals surface area contributed by atoms with Crippen LogP contribution in [0.25, 0.3) is 0 Å². The Balaban J connectivity index is 2.56. The first kappa shape index (κ1) is 11.2. The van der Waals surface area contributed by atoms with Gasteiger partial charge in [-0.3, -0.25) is 9.36 Å². The predicted molar refractivity (Wildman–Crippen MR) is 52.6 cm³/mol. The maximum absolute atomic E-state index is 11.5. The smallest absolute Gasteiger partial charge is 0.240 e. The summed E-state index contributed by atoms with van der Waals surface area (Å²) in [5.74, 6) is 0.00921. The highest BCUT2D eigenvalue weighted by Crippen LogP contribution is 1.94. The second kappa shape index (κ2) is 5.10. The summed E-state index contributed by atoms with van der Waals surface area (Å²) in [5.41, 5.74) is 0. The lowest BCUT2D eigenvalue weighted by Crippen LogP contribution is -2.34. The lowest BCUT2D eigenvalue weighted by Gasteiger charge is -2.11. The summed E-state index contributed by atoms with van der Waals surface area (Å²) in [6.07, 6.45) is 2.24. The van der Waals surface area contributed by atoms with Crippen LogP contribution in [0.2, 0.25) is 0 Å². The average molecular weight is 207 g/mol. The molecule has 0 bridgehead atoms. The molecule has 0 aliphatic rings. The number of hydrogen-bond donors (Lipinski definition) is 1. The van der Waals surface area contributed by atoms with Crippen molar-refractivity contribution in [1.29, 1.82) is 5.26 Å². The Morgan fingerprint density at radius 2 is 2.53 bits per heavy atom. The van der Waals surface area contributed by atoms with Gasteiger partial charge in [0.05, 0.1) is 0 Å². The SMILES string of the molecule is CCC(C)NC(=O)Cn1cnnc1C#N. The summed E-state index contributed by atoms with van der Waals surface area (Å²) in [7, 11) is 0. The molecular formula is C9H13N5O. The fourth-order valence-corrected chi connectivity index (χ4v) is 1.03. The van der Waals surface area contributed by atoms with Gasteiger partial charge < -0.3 is 5.32 Å². The van der Waals surface area contributed by atoms with Crippen molar-refractivity contribution in [2.24, 2.45) is 0 Å². The fraction of sp³-hybridized carbons (Fsp3) is 0.556. The van der Waals surface area contributed by atoms with Crippen LogP contribution in [-0.2, 0) is 11.3 Å². The first-order valence-electron chi connectivity index (χ1n) is 4.74. The Kier molecular flexibility index (Phi) is 3.80. The Morgan fingerprint density at radius 1 is 1.80 bits per heavy atom. The molecule has 1 atom stereocenters. The molecule has 0 fully saturated rings. The van der Waals surface area contributed by atoms with Gasteiger partial charge >= 0.3 is 0 Å². The van der Waals surface area contributed by atoms with Gasteiger partial charge in [0.25, 0.3) is 0 Å². The number of nitrogens with one attached hydrogen (secondary N) is 1. The van der Waals surface area contributed by atoms with Gasteiger partial charge in [-0.15, -0.1) is 10.2 Å². The molecule has 0 spiro atoms. The number of amides is 1. The molecular weight excluding hydrogens is 194 g/mol. The Morgan fingerprint density at radius 3 is 3.13 bits per heavy atom. The van der Waals surface area contributed by atoms with Gasteiger partial charge in [-0.2, -0.15) is 5.26 Å². The number of nitrogens with zero attached hydrogens (tertiary/aromatic N) is 4. The van der Waals surface area contributed by atoms with Crippen molar-refractivity contribution in [2.45, 2.75) is 32.9 Å². The van der Waals surface area contributed by atoms with E-state index in [1.54, 1.807) is 0 Å². The van der Waals surface area contributed by atoms with Gasteiger partial charge in [0.2, 0.25) is 11.7 Å². The monoisotopic (exact) mass is 207 g/mol. The van der Waals surface area contributed by atoms with E-state index in [1.807, 2.05) is 19.9 Å². The molecule has 6 nitrogen and oxygen atoms in total. The third-order valence-corrected chi connectivity index (χ3v) is 2.05. The van der Waals surface area contributed by atoms with E-state index in [0.29, 0.717) is 0 Å². The third-order valence-electron chi connectivity index (χ3n) is 2.05. The van der Waals surface area contributed by atoms with Crippen molar-refractivity contribution in [3.05, 3.63) is 12.2 Å². The van der Waals surface area contributed by atoms with E-state index < -0.39 is 0 Å². The van der Waals surface area contributed by atoms with Gasteiger partial charge in [-0.05, 0) is 13.3 Å². The van der Waals surface area contributed by atoms with Crippen LogP contribution in [0.15, 0.2) is 6.33 Å². The van der Waals surface area contributed by atoms with Gasteiger partial charge in [0.1, 0.15) is 18.9 Å². The number of nitriles is 1. The van der Waals surface area contributed by atoms with E-state index in [-0.39, 0.29) is 24.3 Å². The zero-order valence-electron chi connectivity index (χ0n) is 8.77. The summed E-state index contributed by atoms with van der Waals surface area (Å²) >= 11 is 0. The molecule has 1 rings (SSSR count). The van der Waals surface area contributed by atoms with Gasteiger partial charge in [-0.25, -0.2) is 0 Å². The zero-order valence-corrected chi connectivity index (χ0v) is 8.77. The molecule has 1 amide bonds. The number of aromatic nitrogens is 3. The molecule has 0 aromatic carbocycles. The number of carbonyl (C=O) groups is 1. The zero-order chi connectivity index (χ0) is 11.3. The molecule has 0 saturated carbocycles. The van der Waals surface area contributed by atoms with Crippen LogP contribution >= 0.6 is 0 Å². The molecule has 0 radical (unpaired) electrons. The highest BCUT2D eigenvalue weighted by Gasteiger charge is 2.09. The van der Waals surface area contributed by atoms with Crippen LogP contribution in [0.1, 0.15) is 26.1 Å². The van der Waals surface area contributed by atoms with Crippen molar-refractivity contribution in [1.82, 2.24) is 20.1 Å². The maximum Gasteiger partial charge on any atom is 0.240 e. The lowest BCUT2D eigenvalue weighted by molar-refractivity contribution is -0.122. The maximum atomic E-state index is 11.5. The second-order valence-corrected chi connectivity index (χ2v) is 3.27. The molecule has 0 aliphatic heterocycles. The molecule has 15 heavy (non-hydrogen) atoms. The minimum atomic E-state index is -0.138. The minimum Gasteiger partial charge on any atom is -0.352 e. The largest absolute Gasteiger partial charge is 0.352 e. The van der Waals surface area contributed by atoms with Crippen LogP contribution in [0.5, 0.6) is 0 Å². The van der Waals surface area contributed by atoms with Crippen molar-refractivity contribution >= 4 is 5.91 Å². The molecule has 1 heterocycles. The summed E-state index contributed by atoms with van der Waals surface area (Å²) in [6.45, 7) is 4.00. The Bertz CT molecular complexity index is 378. The summed E-state index contributed by atoms with van der Waals surface area (Å²) in [6, 6.07) is 2.00. The first-order valence-corrected chi connectivity index (χ1v) is 4.74. The highest BCUT2D eigenvalue weighted by atomic mass is 16.2. The Labute approximate surface area is 87.9 Å². The summed E-state index contributed by atoms with van der Waals surface area (Å²) in [5, 5.41) is 18.6. The van der Waals surface area contributed by atoms with Crippen LogP contribution in [-0.4, -0.2) is 26.7 Å². The van der Waals surface area contributed by atoms with Crippen molar-refractivity contribution in [3.8, 4) is 6.07 Å². The predicted octanol–water partition coefficient (Wildman–Crippen LogP) is 0.0645. The number of carbonyl (C=O) groups excluding carboxylic acids is 1. The van der Waals surface area contributed by atoms with Crippen molar-refractivity contribution in [2.75, 3.05) is 0 Å². The quantitative estimate of drug-likeness (QED) is 0.757. The minimum absolute atomic E-state index is 0.0836. The van der Waals surface area contributed by atoms with Crippen LogP contribution in [0.4, 0.5) is 0 Å². The lowest BCUT2D eigenvalue weighted by atomic mass is 10.2. The van der Waals surface area contributed by atoms with E-state index in [0.717, 1.165) is 6.42 Å². The average Bonchev–Trinajstić information content (AvgIpc) is 2.64. The summed E-state index contributed by atoms with van der Waals surface area (Å²) in [4.78, 5) is 11.5. The van der Waals surface area contributed by atoms with Crippen LogP contribution < -0.4 is 5.32 Å². The Hall–Kier alpha value is -1.90. The van der Waals surface area contributed by atoms with Crippen molar-refractivity contribution in [3.63, 3.8) is 0 Å². The van der Waals surface area contributed by atoms with Crippen LogP contribution in [0.3, 0.4) is 0 Å². The highest BCUT2D eigenvalue weighted by molar-refractivity contribution is 5.76. The van der Waals surface area contributed by atoms with E-state index in [9.17, 15) is 4.79 Å². The van der Waals surface area contributed by atoms with Crippen LogP contribution in [0, 0.1) is 11.3 Å². The normalized spacial score (nSPS) is 11.8. The standard InChI is InChI=1S/C9H13N5O/c1-3-7(2)12-9(15)5-14-6-11-13-8(14)4-10/h6-7H,3,5H2,1-2H3,(H,12,15). The van der Waals surface area contributed by atoms with E-state index in [2.05, 4.69) is 15.5 Å².